The number of carboxylic acid groups (broad SMARTS) is 1. The van der Waals surface area contributed by atoms with Crippen LogP contribution in [0, 0.1) is 0 Å². The summed E-state index contributed by atoms with van der Waals surface area (Å²) in [5, 5.41) is 9.20. The Morgan fingerprint density at radius 1 is 1.40 bits per heavy atom. The summed E-state index contributed by atoms with van der Waals surface area (Å²) in [6.07, 6.45) is 6.68. The summed E-state index contributed by atoms with van der Waals surface area (Å²) in [6.45, 7) is 5.96. The van der Waals surface area contributed by atoms with E-state index < -0.39 is 11.5 Å². The number of nitrogens with zero attached hydrogens (tertiary/aromatic N) is 1. The predicted octanol–water partition coefficient (Wildman–Crippen LogP) is 2.51. The maximum absolute atomic E-state index is 11.2. The first-order valence-corrected chi connectivity index (χ1v) is 6.09. The van der Waals surface area contributed by atoms with Gasteiger partial charge in [-0.15, -0.1) is 0 Å². The van der Waals surface area contributed by atoms with Gasteiger partial charge in [0.15, 0.2) is 0 Å². The van der Waals surface area contributed by atoms with Crippen molar-refractivity contribution < 1.29 is 9.90 Å². The van der Waals surface area contributed by atoms with Crippen molar-refractivity contribution in [1.82, 2.24) is 4.90 Å². The van der Waals surface area contributed by atoms with Gasteiger partial charge in [0.2, 0.25) is 0 Å². The molecule has 3 heteroatoms. The average molecular weight is 213 g/mol. The SMILES string of the molecule is CCCCCCN1CCCC1(C)C(=O)O. The van der Waals surface area contributed by atoms with E-state index in [1.807, 2.05) is 6.92 Å². The summed E-state index contributed by atoms with van der Waals surface area (Å²) in [4.78, 5) is 13.3. The van der Waals surface area contributed by atoms with E-state index in [1.54, 1.807) is 0 Å². The van der Waals surface area contributed by atoms with Crippen LogP contribution in [-0.2, 0) is 4.79 Å². The third-order valence-corrected chi connectivity index (χ3v) is 3.53. The van der Waals surface area contributed by atoms with Crippen LogP contribution in [0.4, 0.5) is 0 Å². The quantitative estimate of drug-likeness (QED) is 0.689. The van der Waals surface area contributed by atoms with Gasteiger partial charge in [-0.3, -0.25) is 9.69 Å². The van der Waals surface area contributed by atoms with Crippen molar-refractivity contribution in [3.63, 3.8) is 0 Å². The number of rotatable bonds is 6. The smallest absolute Gasteiger partial charge is 0.323 e. The summed E-state index contributed by atoms with van der Waals surface area (Å²) < 4.78 is 0. The lowest BCUT2D eigenvalue weighted by molar-refractivity contribution is -0.148. The molecule has 0 aromatic rings. The second kappa shape index (κ2) is 5.50. The standard InChI is InChI=1S/C12H23NO2/c1-3-4-5-6-9-13-10-7-8-12(13,2)11(14)15/h3-10H2,1-2H3,(H,14,15). The molecular formula is C12H23NO2. The van der Waals surface area contributed by atoms with Crippen LogP contribution < -0.4 is 0 Å². The number of likely N-dealkylation sites (tertiary alicyclic amines) is 1. The number of hydrogen-bond donors (Lipinski definition) is 1. The minimum absolute atomic E-state index is 0.591. The number of carboxylic acids is 1. The van der Waals surface area contributed by atoms with E-state index >= 15 is 0 Å². The maximum atomic E-state index is 11.2. The monoisotopic (exact) mass is 213 g/mol. The average Bonchev–Trinajstić information content (AvgIpc) is 2.56. The van der Waals surface area contributed by atoms with Crippen molar-refractivity contribution in [3.05, 3.63) is 0 Å². The van der Waals surface area contributed by atoms with Crippen LogP contribution in [0.3, 0.4) is 0 Å². The van der Waals surface area contributed by atoms with E-state index in [0.29, 0.717) is 0 Å². The zero-order chi connectivity index (χ0) is 11.3. The van der Waals surface area contributed by atoms with E-state index in [1.165, 1.54) is 19.3 Å². The van der Waals surface area contributed by atoms with Crippen LogP contribution in [-0.4, -0.2) is 34.6 Å². The summed E-state index contributed by atoms with van der Waals surface area (Å²) in [5.74, 6) is -0.657. The first kappa shape index (κ1) is 12.5. The summed E-state index contributed by atoms with van der Waals surface area (Å²) in [5.41, 5.74) is -0.591. The molecule has 1 atom stereocenters. The molecule has 0 aromatic heterocycles. The number of aliphatic carboxylic acids is 1. The summed E-state index contributed by atoms with van der Waals surface area (Å²) in [7, 11) is 0. The highest BCUT2D eigenvalue weighted by Gasteiger charge is 2.42. The lowest BCUT2D eigenvalue weighted by Crippen LogP contribution is -2.48. The van der Waals surface area contributed by atoms with Crippen molar-refractivity contribution in [2.24, 2.45) is 0 Å². The number of carbonyl (C=O) groups is 1. The van der Waals surface area contributed by atoms with E-state index in [2.05, 4.69) is 11.8 Å². The largest absolute Gasteiger partial charge is 0.480 e. The zero-order valence-corrected chi connectivity index (χ0v) is 9.96. The topological polar surface area (TPSA) is 40.5 Å². The highest BCUT2D eigenvalue weighted by molar-refractivity contribution is 5.78. The van der Waals surface area contributed by atoms with E-state index in [9.17, 15) is 9.90 Å². The predicted molar refractivity (Wildman–Crippen MR) is 61.0 cm³/mol. The van der Waals surface area contributed by atoms with Crippen molar-refractivity contribution >= 4 is 5.97 Å². The van der Waals surface area contributed by atoms with Crippen LogP contribution in [0.25, 0.3) is 0 Å². The molecule has 0 aliphatic carbocycles. The molecule has 0 bridgehead atoms. The molecule has 1 aliphatic rings. The first-order valence-electron chi connectivity index (χ1n) is 6.09. The second-order valence-electron chi connectivity index (χ2n) is 4.73. The molecular weight excluding hydrogens is 190 g/mol. The third kappa shape index (κ3) is 2.94. The molecule has 1 heterocycles. The van der Waals surface area contributed by atoms with Crippen LogP contribution in [0.15, 0.2) is 0 Å². The van der Waals surface area contributed by atoms with Gasteiger partial charge in [0.25, 0.3) is 0 Å². The molecule has 1 saturated heterocycles. The minimum Gasteiger partial charge on any atom is -0.480 e. The van der Waals surface area contributed by atoms with Crippen molar-refractivity contribution in [2.45, 2.75) is 57.9 Å². The number of hydrogen-bond acceptors (Lipinski definition) is 2. The molecule has 0 saturated carbocycles. The molecule has 0 radical (unpaired) electrons. The molecule has 1 fully saturated rings. The molecule has 3 nitrogen and oxygen atoms in total. The van der Waals surface area contributed by atoms with E-state index in [-0.39, 0.29) is 0 Å². The van der Waals surface area contributed by atoms with Gasteiger partial charge in [-0.25, -0.2) is 0 Å². The first-order chi connectivity index (χ1) is 7.11. The molecule has 1 aliphatic heterocycles. The van der Waals surface area contributed by atoms with E-state index in [4.69, 9.17) is 0 Å². The molecule has 1 N–H and O–H groups in total. The molecule has 0 amide bonds. The highest BCUT2D eigenvalue weighted by atomic mass is 16.4. The molecule has 1 rings (SSSR count). The Morgan fingerprint density at radius 2 is 2.13 bits per heavy atom. The van der Waals surface area contributed by atoms with Gasteiger partial charge in [0, 0.05) is 0 Å². The van der Waals surface area contributed by atoms with Gasteiger partial charge in [0.05, 0.1) is 0 Å². The van der Waals surface area contributed by atoms with Gasteiger partial charge in [-0.05, 0) is 39.3 Å². The van der Waals surface area contributed by atoms with Gasteiger partial charge in [0.1, 0.15) is 5.54 Å². The lowest BCUT2D eigenvalue weighted by Gasteiger charge is -2.31. The van der Waals surface area contributed by atoms with E-state index in [0.717, 1.165) is 32.4 Å². The normalized spacial score (nSPS) is 27.1. The van der Waals surface area contributed by atoms with Crippen LogP contribution in [0.1, 0.15) is 52.4 Å². The maximum Gasteiger partial charge on any atom is 0.323 e. The fourth-order valence-corrected chi connectivity index (χ4v) is 2.35. The second-order valence-corrected chi connectivity index (χ2v) is 4.73. The van der Waals surface area contributed by atoms with Gasteiger partial charge < -0.3 is 5.11 Å². The van der Waals surface area contributed by atoms with Crippen molar-refractivity contribution in [1.29, 1.82) is 0 Å². The third-order valence-electron chi connectivity index (χ3n) is 3.53. The fraction of sp³-hybridized carbons (Fsp3) is 0.917. The Morgan fingerprint density at radius 3 is 2.73 bits per heavy atom. The minimum atomic E-state index is -0.657. The van der Waals surface area contributed by atoms with Crippen LogP contribution in [0.5, 0.6) is 0 Å². The molecule has 15 heavy (non-hydrogen) atoms. The summed E-state index contributed by atoms with van der Waals surface area (Å²) >= 11 is 0. The Hall–Kier alpha value is -0.570. The Bertz CT molecular complexity index is 218. The van der Waals surface area contributed by atoms with Crippen LogP contribution in [0.2, 0.25) is 0 Å². The lowest BCUT2D eigenvalue weighted by atomic mass is 9.99. The summed E-state index contributed by atoms with van der Waals surface area (Å²) in [6, 6.07) is 0. The Kier molecular flexibility index (Phi) is 4.58. The van der Waals surface area contributed by atoms with Gasteiger partial charge in [-0.2, -0.15) is 0 Å². The Labute approximate surface area is 92.5 Å². The van der Waals surface area contributed by atoms with Gasteiger partial charge in [-0.1, -0.05) is 26.2 Å². The molecule has 1 unspecified atom stereocenters. The highest BCUT2D eigenvalue weighted by Crippen LogP contribution is 2.29. The zero-order valence-electron chi connectivity index (χ0n) is 9.96. The van der Waals surface area contributed by atoms with Gasteiger partial charge >= 0.3 is 5.97 Å². The molecule has 88 valence electrons. The van der Waals surface area contributed by atoms with Crippen molar-refractivity contribution in [2.75, 3.05) is 13.1 Å². The van der Waals surface area contributed by atoms with Crippen molar-refractivity contribution in [3.8, 4) is 0 Å². The molecule has 0 spiro atoms. The Balaban J connectivity index is 2.37. The fourth-order valence-electron chi connectivity index (χ4n) is 2.35. The van der Waals surface area contributed by atoms with Crippen LogP contribution >= 0.6 is 0 Å². The molecule has 0 aromatic carbocycles. The number of unbranched alkanes of at least 4 members (excludes halogenated alkanes) is 3.